The van der Waals surface area contributed by atoms with Crippen molar-refractivity contribution < 1.29 is 17.4 Å². The molecule has 0 saturated carbocycles. The van der Waals surface area contributed by atoms with E-state index in [9.17, 15) is 13.2 Å². The summed E-state index contributed by atoms with van der Waals surface area (Å²) in [5.41, 5.74) is 1.53. The van der Waals surface area contributed by atoms with Gasteiger partial charge < -0.3 is 9.50 Å². The monoisotopic (exact) mass is 337 g/mol. The average molecular weight is 338 g/mol. The van der Waals surface area contributed by atoms with Gasteiger partial charge in [-0.25, -0.2) is 0 Å². The number of carbonyl (C=O) groups excluding carboxylic acids is 1. The van der Waals surface area contributed by atoms with Crippen molar-refractivity contribution in [3.63, 3.8) is 0 Å². The third-order valence-corrected chi connectivity index (χ3v) is 4.74. The molecule has 5 nitrogen and oxygen atoms in total. The molecule has 0 unspecified atom stereocenters. The number of rotatable bonds is 3. The second-order valence-corrected chi connectivity index (χ2v) is 6.84. The Morgan fingerprint density at radius 1 is 1.09 bits per heavy atom. The summed E-state index contributed by atoms with van der Waals surface area (Å²) >= 11 is 5.80. The van der Waals surface area contributed by atoms with Crippen molar-refractivity contribution in [1.82, 2.24) is 0 Å². The lowest BCUT2D eigenvalue weighted by molar-refractivity contribution is -0.116. The van der Waals surface area contributed by atoms with Crippen LogP contribution in [0.2, 0.25) is 5.02 Å². The number of amides is 1. The SMILES string of the molecule is O=C1CCc2cc(OS(=O)(=O)c3cccc(Cl)c3)ccc2N1. The van der Waals surface area contributed by atoms with E-state index in [0.717, 1.165) is 5.56 Å². The van der Waals surface area contributed by atoms with Crippen LogP contribution in [-0.2, 0) is 21.3 Å². The molecule has 2 aromatic carbocycles. The van der Waals surface area contributed by atoms with Crippen LogP contribution in [0, 0.1) is 0 Å². The van der Waals surface area contributed by atoms with E-state index in [0.29, 0.717) is 23.6 Å². The summed E-state index contributed by atoms with van der Waals surface area (Å²) in [6.07, 6.45) is 0.924. The maximum atomic E-state index is 12.2. The highest BCUT2D eigenvalue weighted by molar-refractivity contribution is 7.87. The summed E-state index contributed by atoms with van der Waals surface area (Å²) in [5, 5.41) is 3.05. The number of anilines is 1. The Morgan fingerprint density at radius 2 is 1.91 bits per heavy atom. The van der Waals surface area contributed by atoms with Gasteiger partial charge in [-0.15, -0.1) is 0 Å². The summed E-state index contributed by atoms with van der Waals surface area (Å²) in [4.78, 5) is 11.3. The molecule has 1 heterocycles. The highest BCUT2D eigenvalue weighted by Crippen LogP contribution is 2.28. The van der Waals surface area contributed by atoms with E-state index in [1.807, 2.05) is 0 Å². The van der Waals surface area contributed by atoms with Crippen molar-refractivity contribution in [1.29, 1.82) is 0 Å². The van der Waals surface area contributed by atoms with Gasteiger partial charge in [0.25, 0.3) is 0 Å². The second-order valence-electron chi connectivity index (χ2n) is 4.86. The smallest absolute Gasteiger partial charge is 0.339 e. The molecule has 0 aliphatic carbocycles. The molecule has 1 N–H and O–H groups in total. The maximum Gasteiger partial charge on any atom is 0.339 e. The molecule has 2 aromatic rings. The van der Waals surface area contributed by atoms with E-state index < -0.39 is 10.1 Å². The molecule has 0 radical (unpaired) electrons. The number of aryl methyl sites for hydroxylation is 1. The predicted octanol–water partition coefficient (Wildman–Crippen LogP) is 2.99. The van der Waals surface area contributed by atoms with Gasteiger partial charge in [-0.05, 0) is 48.4 Å². The zero-order chi connectivity index (χ0) is 15.7. The number of hydrogen-bond acceptors (Lipinski definition) is 4. The van der Waals surface area contributed by atoms with Crippen molar-refractivity contribution in [2.75, 3.05) is 5.32 Å². The summed E-state index contributed by atoms with van der Waals surface area (Å²) in [7, 11) is -3.94. The number of benzene rings is 2. The predicted molar refractivity (Wildman–Crippen MR) is 82.7 cm³/mol. The number of carbonyl (C=O) groups is 1. The Labute approximate surface area is 133 Å². The van der Waals surface area contributed by atoms with Crippen LogP contribution in [0.15, 0.2) is 47.4 Å². The lowest BCUT2D eigenvalue weighted by Gasteiger charge is -2.17. The first-order valence-corrected chi connectivity index (χ1v) is 8.35. The van der Waals surface area contributed by atoms with Gasteiger partial charge in [0.05, 0.1) is 0 Å². The maximum absolute atomic E-state index is 12.2. The van der Waals surface area contributed by atoms with E-state index in [1.165, 1.54) is 18.2 Å². The van der Waals surface area contributed by atoms with Crippen LogP contribution >= 0.6 is 11.6 Å². The van der Waals surface area contributed by atoms with E-state index in [-0.39, 0.29) is 16.6 Å². The van der Waals surface area contributed by atoms with E-state index in [4.69, 9.17) is 15.8 Å². The van der Waals surface area contributed by atoms with E-state index >= 15 is 0 Å². The van der Waals surface area contributed by atoms with Crippen LogP contribution in [0.3, 0.4) is 0 Å². The first kappa shape index (κ1) is 14.9. The Kier molecular flexibility index (Phi) is 3.80. The number of halogens is 1. The molecule has 0 aromatic heterocycles. The minimum absolute atomic E-state index is 0.00831. The molecule has 0 fully saturated rings. The van der Waals surface area contributed by atoms with Gasteiger partial charge in [0.1, 0.15) is 10.6 Å². The molecule has 3 rings (SSSR count). The topological polar surface area (TPSA) is 72.5 Å². The van der Waals surface area contributed by atoms with Crippen LogP contribution in [0.25, 0.3) is 0 Å². The first-order chi connectivity index (χ1) is 10.4. The number of hydrogen-bond donors (Lipinski definition) is 1. The van der Waals surface area contributed by atoms with Gasteiger partial charge in [-0.1, -0.05) is 17.7 Å². The molecule has 7 heteroatoms. The lowest BCUT2D eigenvalue weighted by Crippen LogP contribution is -2.19. The molecular weight excluding hydrogens is 326 g/mol. The van der Waals surface area contributed by atoms with Crippen molar-refractivity contribution in [2.45, 2.75) is 17.7 Å². The third kappa shape index (κ3) is 3.08. The Morgan fingerprint density at radius 3 is 2.68 bits per heavy atom. The van der Waals surface area contributed by atoms with E-state index in [1.54, 1.807) is 24.3 Å². The molecule has 22 heavy (non-hydrogen) atoms. The van der Waals surface area contributed by atoms with Gasteiger partial charge in [0.2, 0.25) is 5.91 Å². The van der Waals surface area contributed by atoms with Gasteiger partial charge in [-0.2, -0.15) is 8.42 Å². The quantitative estimate of drug-likeness (QED) is 0.874. The molecule has 1 aliphatic rings. The van der Waals surface area contributed by atoms with Gasteiger partial charge in [0.15, 0.2) is 0 Å². The molecule has 0 atom stereocenters. The largest absolute Gasteiger partial charge is 0.379 e. The fraction of sp³-hybridized carbons (Fsp3) is 0.133. The number of fused-ring (bicyclic) bond motifs is 1. The molecule has 0 saturated heterocycles. The third-order valence-electron chi connectivity index (χ3n) is 3.26. The Bertz CT molecular complexity index is 848. The molecular formula is C15H12ClNO4S. The fourth-order valence-electron chi connectivity index (χ4n) is 2.21. The molecule has 0 bridgehead atoms. The van der Waals surface area contributed by atoms with Crippen molar-refractivity contribution in [3.8, 4) is 5.75 Å². The summed E-state index contributed by atoms with van der Waals surface area (Å²) in [6.45, 7) is 0. The standard InChI is InChI=1S/C15H12ClNO4S/c16-11-2-1-3-13(9-11)22(19,20)21-12-5-6-14-10(8-12)4-7-15(18)17-14/h1-3,5-6,8-9H,4,7H2,(H,17,18). The summed E-state index contributed by atoms with van der Waals surface area (Å²) in [5.74, 6) is 0.155. The Balaban J connectivity index is 1.88. The van der Waals surface area contributed by atoms with Crippen LogP contribution in [0.4, 0.5) is 5.69 Å². The molecule has 1 aliphatic heterocycles. The summed E-state index contributed by atoms with van der Waals surface area (Å²) in [6, 6.07) is 10.6. The van der Waals surface area contributed by atoms with Gasteiger partial charge in [0, 0.05) is 17.1 Å². The Hall–Kier alpha value is -2.05. The van der Waals surface area contributed by atoms with Crippen LogP contribution in [0.5, 0.6) is 5.75 Å². The van der Waals surface area contributed by atoms with Crippen LogP contribution < -0.4 is 9.50 Å². The number of nitrogens with one attached hydrogen (secondary N) is 1. The molecule has 114 valence electrons. The fourth-order valence-corrected chi connectivity index (χ4v) is 3.43. The van der Waals surface area contributed by atoms with Gasteiger partial charge in [-0.3, -0.25) is 4.79 Å². The first-order valence-electron chi connectivity index (χ1n) is 6.57. The highest BCUT2D eigenvalue weighted by Gasteiger charge is 2.19. The van der Waals surface area contributed by atoms with Crippen molar-refractivity contribution in [3.05, 3.63) is 53.1 Å². The highest BCUT2D eigenvalue weighted by atomic mass is 35.5. The van der Waals surface area contributed by atoms with Crippen LogP contribution in [0.1, 0.15) is 12.0 Å². The van der Waals surface area contributed by atoms with Crippen LogP contribution in [-0.4, -0.2) is 14.3 Å². The second kappa shape index (κ2) is 5.62. The molecule has 1 amide bonds. The minimum atomic E-state index is -3.94. The zero-order valence-corrected chi connectivity index (χ0v) is 12.9. The summed E-state index contributed by atoms with van der Waals surface area (Å²) < 4.78 is 29.6. The average Bonchev–Trinajstić information content (AvgIpc) is 2.47. The lowest BCUT2D eigenvalue weighted by atomic mass is 10.0. The minimum Gasteiger partial charge on any atom is -0.379 e. The normalized spacial score (nSPS) is 14.1. The van der Waals surface area contributed by atoms with Crippen molar-refractivity contribution >= 4 is 33.3 Å². The van der Waals surface area contributed by atoms with Crippen molar-refractivity contribution in [2.24, 2.45) is 0 Å². The zero-order valence-electron chi connectivity index (χ0n) is 11.4. The van der Waals surface area contributed by atoms with Gasteiger partial charge >= 0.3 is 10.1 Å². The molecule has 0 spiro atoms. The van der Waals surface area contributed by atoms with E-state index in [2.05, 4.69) is 5.32 Å².